The number of nitrogens with two attached hydrogens (primary N) is 1. The van der Waals surface area contributed by atoms with Gasteiger partial charge in [0.15, 0.2) is 0 Å². The first-order valence-corrected chi connectivity index (χ1v) is 6.40. The average molecular weight is 243 g/mol. The van der Waals surface area contributed by atoms with Crippen LogP contribution >= 0.6 is 0 Å². The highest BCUT2D eigenvalue weighted by molar-refractivity contribution is 5.82. The molecule has 0 saturated carbocycles. The summed E-state index contributed by atoms with van der Waals surface area (Å²) in [4.78, 5) is 4.40. The molecule has 0 aliphatic heterocycles. The fraction of sp³-hybridized carbons (Fsp3) is 0.400. The minimum Gasteiger partial charge on any atom is -0.271 e. The lowest BCUT2D eigenvalue weighted by atomic mass is 9.78. The molecule has 0 bridgehead atoms. The van der Waals surface area contributed by atoms with Crippen LogP contribution in [0.1, 0.15) is 38.8 Å². The monoisotopic (exact) mass is 243 g/mol. The third-order valence-electron chi connectivity index (χ3n) is 3.85. The lowest BCUT2D eigenvalue weighted by Gasteiger charge is -2.34. The van der Waals surface area contributed by atoms with Crippen LogP contribution in [0.3, 0.4) is 0 Å². The van der Waals surface area contributed by atoms with E-state index in [1.807, 2.05) is 24.4 Å². The summed E-state index contributed by atoms with van der Waals surface area (Å²) in [6.07, 6.45) is 2.88. The van der Waals surface area contributed by atoms with Gasteiger partial charge in [0, 0.05) is 11.6 Å². The summed E-state index contributed by atoms with van der Waals surface area (Å²) in [5.74, 6) is 5.79. The molecule has 2 aromatic rings. The van der Waals surface area contributed by atoms with Gasteiger partial charge in [0.25, 0.3) is 0 Å². The summed E-state index contributed by atoms with van der Waals surface area (Å²) < 4.78 is 0. The Morgan fingerprint density at radius 2 is 2.06 bits per heavy atom. The number of aromatic nitrogens is 1. The number of hydrogen-bond acceptors (Lipinski definition) is 3. The molecule has 18 heavy (non-hydrogen) atoms. The van der Waals surface area contributed by atoms with E-state index in [0.717, 1.165) is 11.9 Å². The Balaban J connectivity index is 2.59. The molecule has 3 heteroatoms. The highest BCUT2D eigenvalue weighted by Gasteiger charge is 2.29. The Kier molecular flexibility index (Phi) is 3.64. The molecule has 0 spiro atoms. The molecule has 0 amide bonds. The lowest BCUT2D eigenvalue weighted by molar-refractivity contribution is 0.237. The smallest absolute Gasteiger partial charge is 0.0705 e. The van der Waals surface area contributed by atoms with Crippen molar-refractivity contribution in [2.75, 3.05) is 0 Å². The van der Waals surface area contributed by atoms with Gasteiger partial charge in [0.1, 0.15) is 0 Å². The van der Waals surface area contributed by atoms with E-state index >= 15 is 0 Å². The number of nitrogens with one attached hydrogen (secondary N) is 1. The lowest BCUT2D eigenvalue weighted by Crippen LogP contribution is -2.38. The van der Waals surface area contributed by atoms with Crippen LogP contribution in [0.5, 0.6) is 0 Å². The second kappa shape index (κ2) is 5.04. The van der Waals surface area contributed by atoms with Crippen LogP contribution in [0.4, 0.5) is 0 Å². The van der Waals surface area contributed by atoms with E-state index in [9.17, 15) is 0 Å². The molecule has 0 aliphatic carbocycles. The van der Waals surface area contributed by atoms with E-state index in [4.69, 9.17) is 5.84 Å². The van der Waals surface area contributed by atoms with Gasteiger partial charge in [0.05, 0.1) is 11.6 Å². The number of rotatable bonds is 4. The van der Waals surface area contributed by atoms with Gasteiger partial charge in [-0.25, -0.2) is 0 Å². The SMILES string of the molecule is CCC(C)(C)C(NN)c1cccc2ncccc12. The summed E-state index contributed by atoms with van der Waals surface area (Å²) in [6.45, 7) is 6.65. The molecule has 96 valence electrons. The molecule has 1 heterocycles. The topological polar surface area (TPSA) is 50.9 Å². The standard InChI is InChI=1S/C15H21N3/c1-4-15(2,3)14(18-16)12-7-5-9-13-11(12)8-6-10-17-13/h5-10,14,18H,4,16H2,1-3H3. The molecule has 0 aliphatic rings. The van der Waals surface area contributed by atoms with Crippen molar-refractivity contribution >= 4 is 10.9 Å². The maximum absolute atomic E-state index is 5.79. The van der Waals surface area contributed by atoms with Crippen molar-refractivity contribution in [3.63, 3.8) is 0 Å². The summed E-state index contributed by atoms with van der Waals surface area (Å²) >= 11 is 0. The van der Waals surface area contributed by atoms with Crippen LogP contribution in [0.15, 0.2) is 36.5 Å². The Bertz CT molecular complexity index is 529. The van der Waals surface area contributed by atoms with Crippen molar-refractivity contribution in [1.29, 1.82) is 0 Å². The van der Waals surface area contributed by atoms with Crippen LogP contribution in [-0.2, 0) is 0 Å². The van der Waals surface area contributed by atoms with Crippen molar-refractivity contribution < 1.29 is 0 Å². The summed E-state index contributed by atoms with van der Waals surface area (Å²) in [7, 11) is 0. The molecule has 1 unspecified atom stereocenters. The van der Waals surface area contributed by atoms with E-state index in [0.29, 0.717) is 0 Å². The van der Waals surface area contributed by atoms with E-state index in [1.54, 1.807) is 0 Å². The summed E-state index contributed by atoms with van der Waals surface area (Å²) in [5, 5.41) is 1.17. The molecule has 3 nitrogen and oxygen atoms in total. The van der Waals surface area contributed by atoms with Gasteiger partial charge in [0.2, 0.25) is 0 Å². The number of hydrazine groups is 1. The molecule has 1 aromatic carbocycles. The van der Waals surface area contributed by atoms with E-state index in [1.165, 1.54) is 10.9 Å². The first-order chi connectivity index (χ1) is 8.60. The predicted molar refractivity (Wildman–Crippen MR) is 75.9 cm³/mol. The molecular weight excluding hydrogens is 222 g/mol. The average Bonchev–Trinajstić information content (AvgIpc) is 2.39. The maximum atomic E-state index is 5.79. The third kappa shape index (κ3) is 2.24. The highest BCUT2D eigenvalue weighted by Crippen LogP contribution is 2.38. The molecule has 0 saturated heterocycles. The Hall–Kier alpha value is -1.45. The largest absolute Gasteiger partial charge is 0.271 e. The van der Waals surface area contributed by atoms with Gasteiger partial charge in [-0.2, -0.15) is 0 Å². The first kappa shape index (κ1) is 13.0. The van der Waals surface area contributed by atoms with Crippen molar-refractivity contribution in [3.05, 3.63) is 42.1 Å². The normalized spacial score (nSPS) is 13.8. The maximum Gasteiger partial charge on any atom is 0.0705 e. The molecule has 1 atom stereocenters. The molecule has 3 N–H and O–H groups in total. The number of fused-ring (bicyclic) bond motifs is 1. The van der Waals surface area contributed by atoms with Gasteiger partial charge in [-0.15, -0.1) is 0 Å². The second-order valence-corrected chi connectivity index (χ2v) is 5.36. The van der Waals surface area contributed by atoms with Gasteiger partial charge < -0.3 is 0 Å². The quantitative estimate of drug-likeness (QED) is 0.640. The van der Waals surface area contributed by atoms with Crippen molar-refractivity contribution in [1.82, 2.24) is 10.4 Å². The molecule has 2 rings (SSSR count). The van der Waals surface area contributed by atoms with Gasteiger partial charge in [-0.05, 0) is 29.5 Å². The van der Waals surface area contributed by atoms with Crippen molar-refractivity contribution in [2.24, 2.45) is 11.3 Å². The van der Waals surface area contributed by atoms with Crippen LogP contribution in [0, 0.1) is 5.41 Å². The second-order valence-electron chi connectivity index (χ2n) is 5.36. The zero-order chi connectivity index (χ0) is 13.2. The number of pyridine rings is 1. The number of hydrogen-bond donors (Lipinski definition) is 2. The van der Waals surface area contributed by atoms with Crippen LogP contribution in [-0.4, -0.2) is 4.98 Å². The minimum atomic E-state index is 0.0961. The molecule has 1 aromatic heterocycles. The predicted octanol–water partition coefficient (Wildman–Crippen LogP) is 3.18. The van der Waals surface area contributed by atoms with Gasteiger partial charge in [-0.1, -0.05) is 39.0 Å². The minimum absolute atomic E-state index is 0.0961. The first-order valence-electron chi connectivity index (χ1n) is 6.40. The van der Waals surface area contributed by atoms with E-state index in [-0.39, 0.29) is 11.5 Å². The van der Waals surface area contributed by atoms with Crippen LogP contribution < -0.4 is 11.3 Å². The van der Waals surface area contributed by atoms with Gasteiger partial charge in [-0.3, -0.25) is 16.3 Å². The van der Waals surface area contributed by atoms with E-state index in [2.05, 4.69) is 43.3 Å². The van der Waals surface area contributed by atoms with E-state index < -0.39 is 0 Å². The third-order valence-corrected chi connectivity index (χ3v) is 3.85. The molecular formula is C15H21N3. The van der Waals surface area contributed by atoms with Crippen molar-refractivity contribution in [2.45, 2.75) is 33.2 Å². The summed E-state index contributed by atoms with van der Waals surface area (Å²) in [5.41, 5.74) is 5.30. The van der Waals surface area contributed by atoms with Gasteiger partial charge >= 0.3 is 0 Å². The van der Waals surface area contributed by atoms with Crippen LogP contribution in [0.2, 0.25) is 0 Å². The number of benzene rings is 1. The highest BCUT2D eigenvalue weighted by atomic mass is 15.2. The fourth-order valence-electron chi connectivity index (χ4n) is 2.32. The fourth-order valence-corrected chi connectivity index (χ4v) is 2.32. The molecule has 0 radical (unpaired) electrons. The van der Waals surface area contributed by atoms with Crippen molar-refractivity contribution in [3.8, 4) is 0 Å². The Morgan fingerprint density at radius 1 is 1.28 bits per heavy atom. The number of nitrogens with zero attached hydrogens (tertiary/aromatic N) is 1. The Morgan fingerprint density at radius 3 is 2.72 bits per heavy atom. The zero-order valence-corrected chi connectivity index (χ0v) is 11.3. The Labute approximate surface area is 108 Å². The molecule has 0 fully saturated rings. The van der Waals surface area contributed by atoms with Crippen LogP contribution in [0.25, 0.3) is 10.9 Å². The zero-order valence-electron chi connectivity index (χ0n) is 11.3. The summed E-state index contributed by atoms with van der Waals surface area (Å²) in [6, 6.07) is 10.4.